The van der Waals surface area contributed by atoms with Gasteiger partial charge in [-0.1, -0.05) is 6.07 Å². The molecule has 0 aliphatic carbocycles. The average molecular weight is 291 g/mol. The van der Waals surface area contributed by atoms with Crippen LogP contribution in [0.3, 0.4) is 0 Å². The molecular formula is C15H21N3O3. The molecule has 2 aromatic rings. The van der Waals surface area contributed by atoms with Gasteiger partial charge in [0.05, 0.1) is 24.4 Å². The molecule has 1 aliphatic rings. The van der Waals surface area contributed by atoms with Gasteiger partial charge in [-0.05, 0) is 18.6 Å². The lowest BCUT2D eigenvalue weighted by Gasteiger charge is -2.25. The van der Waals surface area contributed by atoms with Gasteiger partial charge in [0.2, 0.25) is 0 Å². The van der Waals surface area contributed by atoms with Crippen molar-refractivity contribution in [1.82, 2.24) is 14.3 Å². The fraction of sp³-hybridized carbons (Fsp3) is 0.467. The topological polar surface area (TPSA) is 67.1 Å². The molecule has 3 heterocycles. The predicted octanol–water partition coefficient (Wildman–Crippen LogP) is 0.896. The first-order chi connectivity index (χ1) is 10.3. The van der Waals surface area contributed by atoms with Gasteiger partial charge in [0.15, 0.2) is 12.1 Å². The molecule has 1 fully saturated rings. The van der Waals surface area contributed by atoms with Crippen LogP contribution in [0.2, 0.25) is 0 Å². The minimum atomic E-state index is 0.474. The molecule has 3 rings (SSSR count). The largest absolute Gasteiger partial charge is 0.400 e. The lowest BCUT2D eigenvalue weighted by Crippen LogP contribution is -2.35. The normalized spacial score (nSPS) is 15.6. The van der Waals surface area contributed by atoms with E-state index in [4.69, 9.17) is 9.84 Å². The summed E-state index contributed by atoms with van der Waals surface area (Å²) in [7, 11) is 1.00. The number of aromatic nitrogens is 2. The number of carbonyl (C=O) groups is 1. The summed E-state index contributed by atoms with van der Waals surface area (Å²) in [6.45, 7) is 6.19. The summed E-state index contributed by atoms with van der Waals surface area (Å²) in [6.07, 6.45) is 2.71. The highest BCUT2D eigenvalue weighted by Gasteiger charge is 2.17. The molecule has 0 unspecified atom stereocenters. The van der Waals surface area contributed by atoms with Crippen molar-refractivity contribution in [3.05, 3.63) is 35.4 Å². The zero-order valence-electron chi connectivity index (χ0n) is 12.5. The molecule has 0 saturated carbocycles. The second-order valence-corrected chi connectivity index (χ2v) is 4.83. The van der Waals surface area contributed by atoms with Gasteiger partial charge in [-0.25, -0.2) is 4.98 Å². The number of aryl methyl sites for hydroxylation is 1. The minimum absolute atomic E-state index is 0.474. The summed E-state index contributed by atoms with van der Waals surface area (Å²) in [5.74, 6) is 0.474. The van der Waals surface area contributed by atoms with E-state index < -0.39 is 0 Å². The molecule has 0 radical (unpaired) electrons. The van der Waals surface area contributed by atoms with Crippen molar-refractivity contribution in [3.8, 4) is 0 Å². The molecule has 0 amide bonds. The number of aldehydes is 1. The van der Waals surface area contributed by atoms with Gasteiger partial charge < -0.3 is 9.84 Å². The third-order valence-corrected chi connectivity index (χ3v) is 3.55. The Morgan fingerprint density at radius 2 is 2.10 bits per heavy atom. The van der Waals surface area contributed by atoms with Crippen molar-refractivity contribution in [3.63, 3.8) is 0 Å². The standard InChI is InChI=1S/C14H17N3O2.CH4O/c1-11-3-2-4-17-13(10-18)15-12(14(11)17)9-16-5-7-19-8-6-16;1-2/h2-4,10H,5-9H2,1H3;2H,1H3. The van der Waals surface area contributed by atoms with E-state index in [1.54, 1.807) is 0 Å². The van der Waals surface area contributed by atoms with Gasteiger partial charge in [-0.3, -0.25) is 14.1 Å². The highest BCUT2D eigenvalue weighted by atomic mass is 16.5. The average Bonchev–Trinajstić information content (AvgIpc) is 2.89. The molecule has 114 valence electrons. The summed E-state index contributed by atoms with van der Waals surface area (Å²) in [5, 5.41) is 7.00. The first-order valence-corrected chi connectivity index (χ1v) is 6.96. The Balaban J connectivity index is 0.000000774. The third-order valence-electron chi connectivity index (χ3n) is 3.55. The van der Waals surface area contributed by atoms with Crippen LogP contribution in [0.15, 0.2) is 18.3 Å². The van der Waals surface area contributed by atoms with Crippen molar-refractivity contribution in [2.24, 2.45) is 0 Å². The van der Waals surface area contributed by atoms with Gasteiger partial charge in [-0.2, -0.15) is 0 Å². The number of hydrogen-bond acceptors (Lipinski definition) is 5. The highest BCUT2D eigenvalue weighted by Crippen LogP contribution is 2.18. The first-order valence-electron chi connectivity index (χ1n) is 6.96. The monoisotopic (exact) mass is 291 g/mol. The fourth-order valence-electron chi connectivity index (χ4n) is 2.58. The lowest BCUT2D eigenvalue weighted by atomic mass is 10.2. The summed E-state index contributed by atoms with van der Waals surface area (Å²) in [4.78, 5) is 17.9. The summed E-state index contributed by atoms with van der Waals surface area (Å²) < 4.78 is 7.22. The van der Waals surface area contributed by atoms with Crippen molar-refractivity contribution in [1.29, 1.82) is 0 Å². The van der Waals surface area contributed by atoms with Crippen molar-refractivity contribution in [2.45, 2.75) is 13.5 Å². The molecule has 6 heteroatoms. The van der Waals surface area contributed by atoms with E-state index in [0.717, 1.165) is 63.0 Å². The Hall–Kier alpha value is -1.76. The quantitative estimate of drug-likeness (QED) is 0.851. The maximum Gasteiger partial charge on any atom is 0.185 e. The summed E-state index contributed by atoms with van der Waals surface area (Å²) in [5.41, 5.74) is 3.17. The van der Waals surface area contributed by atoms with Gasteiger partial charge in [0.1, 0.15) is 0 Å². The Kier molecular flexibility index (Phi) is 5.44. The zero-order valence-corrected chi connectivity index (χ0v) is 12.5. The molecule has 1 N–H and O–H groups in total. The Morgan fingerprint density at radius 3 is 2.76 bits per heavy atom. The number of pyridine rings is 1. The molecule has 1 saturated heterocycles. The third kappa shape index (κ3) is 3.29. The molecule has 6 nitrogen and oxygen atoms in total. The molecule has 21 heavy (non-hydrogen) atoms. The van der Waals surface area contributed by atoms with Crippen LogP contribution in [-0.2, 0) is 11.3 Å². The van der Waals surface area contributed by atoms with Crippen molar-refractivity contribution >= 4 is 11.8 Å². The van der Waals surface area contributed by atoms with E-state index in [9.17, 15) is 4.79 Å². The smallest absolute Gasteiger partial charge is 0.185 e. The number of hydrogen-bond donors (Lipinski definition) is 1. The number of nitrogens with zero attached hydrogens (tertiary/aromatic N) is 3. The lowest BCUT2D eigenvalue weighted by molar-refractivity contribution is 0.0338. The van der Waals surface area contributed by atoms with E-state index in [1.165, 1.54) is 0 Å². The van der Waals surface area contributed by atoms with E-state index in [2.05, 4.69) is 22.9 Å². The molecule has 0 aromatic carbocycles. The second kappa shape index (κ2) is 7.31. The van der Waals surface area contributed by atoms with E-state index >= 15 is 0 Å². The zero-order chi connectivity index (χ0) is 15.2. The van der Waals surface area contributed by atoms with Crippen molar-refractivity contribution in [2.75, 3.05) is 33.4 Å². The number of morpholine rings is 1. The van der Waals surface area contributed by atoms with Gasteiger partial charge in [0, 0.05) is 32.9 Å². The number of carbonyl (C=O) groups excluding carboxylic acids is 1. The maximum absolute atomic E-state index is 11.1. The maximum atomic E-state index is 11.1. The molecule has 0 atom stereocenters. The number of aliphatic hydroxyl groups excluding tert-OH is 1. The van der Waals surface area contributed by atoms with Crippen LogP contribution in [0.1, 0.15) is 21.9 Å². The Morgan fingerprint density at radius 1 is 1.38 bits per heavy atom. The Bertz CT molecular complexity index is 603. The number of fused-ring (bicyclic) bond motifs is 1. The number of rotatable bonds is 3. The van der Waals surface area contributed by atoms with Crippen LogP contribution >= 0.6 is 0 Å². The number of imidazole rings is 1. The van der Waals surface area contributed by atoms with Crippen LogP contribution in [0, 0.1) is 6.92 Å². The van der Waals surface area contributed by atoms with Crippen LogP contribution in [0.4, 0.5) is 0 Å². The minimum Gasteiger partial charge on any atom is -0.400 e. The fourth-order valence-corrected chi connectivity index (χ4v) is 2.58. The van der Waals surface area contributed by atoms with Gasteiger partial charge >= 0.3 is 0 Å². The molecule has 2 aromatic heterocycles. The first kappa shape index (κ1) is 15.6. The second-order valence-electron chi connectivity index (χ2n) is 4.83. The molecule has 0 bridgehead atoms. The van der Waals surface area contributed by atoms with Gasteiger partial charge in [-0.15, -0.1) is 0 Å². The molecule has 1 aliphatic heterocycles. The van der Waals surface area contributed by atoms with E-state index in [1.807, 2.05) is 16.7 Å². The van der Waals surface area contributed by atoms with E-state index in [-0.39, 0.29) is 0 Å². The highest BCUT2D eigenvalue weighted by molar-refractivity contribution is 5.74. The summed E-state index contributed by atoms with van der Waals surface area (Å²) in [6, 6.07) is 3.99. The molecule has 0 spiro atoms. The molecular weight excluding hydrogens is 270 g/mol. The Labute approximate surface area is 124 Å². The van der Waals surface area contributed by atoms with Crippen LogP contribution in [-0.4, -0.2) is 59.1 Å². The number of aliphatic hydroxyl groups is 1. The van der Waals surface area contributed by atoms with Crippen LogP contribution in [0.5, 0.6) is 0 Å². The van der Waals surface area contributed by atoms with E-state index in [0.29, 0.717) is 5.82 Å². The van der Waals surface area contributed by atoms with Gasteiger partial charge in [0.25, 0.3) is 0 Å². The van der Waals surface area contributed by atoms with Crippen LogP contribution in [0.25, 0.3) is 5.52 Å². The summed E-state index contributed by atoms with van der Waals surface area (Å²) >= 11 is 0. The van der Waals surface area contributed by atoms with Crippen molar-refractivity contribution < 1.29 is 14.6 Å². The predicted molar refractivity (Wildman–Crippen MR) is 79.6 cm³/mol. The SMILES string of the molecule is CO.Cc1cccn2c(C=O)nc(CN3CCOCC3)c12. The van der Waals surface area contributed by atoms with Crippen LogP contribution < -0.4 is 0 Å². The number of ether oxygens (including phenoxy) is 1.